The van der Waals surface area contributed by atoms with E-state index in [1.807, 2.05) is 27.8 Å². The Morgan fingerprint density at radius 3 is 2.38 bits per heavy atom. The quantitative estimate of drug-likeness (QED) is 0.773. The largest absolute Gasteiger partial charge is 0.390 e. The minimum absolute atomic E-state index is 0.163. The summed E-state index contributed by atoms with van der Waals surface area (Å²) < 4.78 is 0. The monoisotopic (exact) mass is 228 g/mol. The van der Waals surface area contributed by atoms with E-state index in [9.17, 15) is 9.90 Å². The second kappa shape index (κ2) is 5.15. The zero-order chi connectivity index (χ0) is 12.3. The number of aliphatic hydroxyl groups is 1. The summed E-state index contributed by atoms with van der Waals surface area (Å²) in [6, 6.07) is 0.250. The maximum Gasteiger partial charge on any atom is 0.236 e. The Kier molecular flexibility index (Phi) is 4.33. The van der Waals surface area contributed by atoms with Crippen LogP contribution < -0.4 is 0 Å². The molecule has 1 rings (SSSR count). The molecule has 1 aliphatic rings. The number of hydrogen-bond donors (Lipinski definition) is 1. The number of nitrogens with zero attached hydrogens (tertiary/aromatic N) is 2. The summed E-state index contributed by atoms with van der Waals surface area (Å²) in [5.41, 5.74) is -0.538. The summed E-state index contributed by atoms with van der Waals surface area (Å²) in [4.78, 5) is 15.7. The van der Waals surface area contributed by atoms with Crippen molar-refractivity contribution in [2.24, 2.45) is 0 Å². The Bertz CT molecular complexity index is 241. The number of carbonyl (C=O) groups is 1. The smallest absolute Gasteiger partial charge is 0.236 e. The summed E-state index contributed by atoms with van der Waals surface area (Å²) in [5.74, 6) is 0.163. The molecule has 0 aromatic heterocycles. The molecule has 1 amide bonds. The van der Waals surface area contributed by atoms with E-state index < -0.39 is 5.60 Å². The van der Waals surface area contributed by atoms with Gasteiger partial charge in [0.2, 0.25) is 5.91 Å². The second-order valence-electron chi connectivity index (χ2n) is 5.37. The van der Waals surface area contributed by atoms with Gasteiger partial charge in [-0.15, -0.1) is 0 Å². The maximum absolute atomic E-state index is 11.8. The van der Waals surface area contributed by atoms with Crippen LogP contribution in [0.4, 0.5) is 0 Å². The highest BCUT2D eigenvalue weighted by molar-refractivity contribution is 5.78. The SMILES string of the molecule is CC(C)N(C)C(=O)CN1CCC(C)(O)CC1. The summed E-state index contributed by atoms with van der Waals surface area (Å²) in [5, 5.41) is 9.80. The fourth-order valence-electron chi connectivity index (χ4n) is 1.78. The van der Waals surface area contributed by atoms with Gasteiger partial charge in [0.25, 0.3) is 0 Å². The zero-order valence-corrected chi connectivity index (χ0v) is 10.9. The van der Waals surface area contributed by atoms with Crippen LogP contribution in [0.2, 0.25) is 0 Å². The van der Waals surface area contributed by atoms with Crippen LogP contribution in [0.1, 0.15) is 33.6 Å². The van der Waals surface area contributed by atoms with Crippen molar-refractivity contribution in [3.63, 3.8) is 0 Å². The topological polar surface area (TPSA) is 43.8 Å². The highest BCUT2D eigenvalue weighted by Gasteiger charge is 2.28. The molecule has 0 saturated carbocycles. The summed E-state index contributed by atoms with van der Waals surface area (Å²) >= 11 is 0. The van der Waals surface area contributed by atoms with Crippen LogP contribution in [0.25, 0.3) is 0 Å². The van der Waals surface area contributed by atoms with E-state index in [1.54, 1.807) is 4.90 Å². The van der Waals surface area contributed by atoms with Crippen LogP contribution in [0.15, 0.2) is 0 Å². The van der Waals surface area contributed by atoms with Crippen molar-refractivity contribution in [3.05, 3.63) is 0 Å². The van der Waals surface area contributed by atoms with Crippen molar-refractivity contribution in [1.29, 1.82) is 0 Å². The third-order valence-electron chi connectivity index (χ3n) is 3.46. The number of piperidine rings is 1. The van der Waals surface area contributed by atoms with E-state index in [0.717, 1.165) is 25.9 Å². The minimum atomic E-state index is -0.538. The minimum Gasteiger partial charge on any atom is -0.390 e. The van der Waals surface area contributed by atoms with Crippen LogP contribution in [0, 0.1) is 0 Å². The van der Waals surface area contributed by atoms with E-state index in [-0.39, 0.29) is 11.9 Å². The molecule has 0 bridgehead atoms. The van der Waals surface area contributed by atoms with Gasteiger partial charge in [-0.1, -0.05) is 0 Å². The van der Waals surface area contributed by atoms with Gasteiger partial charge in [0.05, 0.1) is 12.1 Å². The third-order valence-corrected chi connectivity index (χ3v) is 3.46. The number of likely N-dealkylation sites (N-methyl/N-ethyl adjacent to an activating group) is 1. The van der Waals surface area contributed by atoms with Crippen LogP contribution >= 0.6 is 0 Å². The molecule has 94 valence electrons. The summed E-state index contributed by atoms with van der Waals surface area (Å²) in [6.07, 6.45) is 1.51. The first-order chi connectivity index (χ1) is 7.32. The molecule has 16 heavy (non-hydrogen) atoms. The normalized spacial score (nSPS) is 21.1. The van der Waals surface area contributed by atoms with Crippen molar-refractivity contribution in [2.75, 3.05) is 26.7 Å². The molecule has 4 nitrogen and oxygen atoms in total. The number of rotatable bonds is 3. The van der Waals surface area contributed by atoms with Gasteiger partial charge >= 0.3 is 0 Å². The molecule has 0 aromatic carbocycles. The van der Waals surface area contributed by atoms with E-state index in [4.69, 9.17) is 0 Å². The Balaban J connectivity index is 2.37. The van der Waals surface area contributed by atoms with Crippen molar-refractivity contribution in [3.8, 4) is 0 Å². The first kappa shape index (κ1) is 13.5. The standard InChI is InChI=1S/C12H24N2O2/c1-10(2)13(4)11(15)9-14-7-5-12(3,16)6-8-14/h10,16H,5-9H2,1-4H3. The molecule has 0 radical (unpaired) electrons. The van der Waals surface area contributed by atoms with Gasteiger partial charge in [0.15, 0.2) is 0 Å². The first-order valence-electron chi connectivity index (χ1n) is 6.02. The third kappa shape index (κ3) is 3.76. The molecule has 1 N–H and O–H groups in total. The number of amides is 1. The molecule has 1 saturated heterocycles. The lowest BCUT2D eigenvalue weighted by Gasteiger charge is -2.36. The molecule has 0 atom stereocenters. The molecule has 0 aliphatic carbocycles. The molecule has 4 heteroatoms. The molecular weight excluding hydrogens is 204 g/mol. The molecule has 1 fully saturated rings. The Morgan fingerprint density at radius 1 is 1.44 bits per heavy atom. The Hall–Kier alpha value is -0.610. The maximum atomic E-state index is 11.8. The first-order valence-corrected chi connectivity index (χ1v) is 6.02. The molecule has 0 spiro atoms. The molecule has 1 aliphatic heterocycles. The highest BCUT2D eigenvalue weighted by atomic mass is 16.3. The van der Waals surface area contributed by atoms with Gasteiger partial charge in [-0.3, -0.25) is 9.69 Å². The second-order valence-corrected chi connectivity index (χ2v) is 5.37. The highest BCUT2D eigenvalue weighted by Crippen LogP contribution is 2.20. The molecule has 0 unspecified atom stereocenters. The zero-order valence-electron chi connectivity index (χ0n) is 10.9. The van der Waals surface area contributed by atoms with Gasteiger partial charge in [-0.25, -0.2) is 0 Å². The predicted octanol–water partition coefficient (Wildman–Crippen LogP) is 0.700. The summed E-state index contributed by atoms with van der Waals surface area (Å²) in [6.45, 7) is 7.99. The average Bonchev–Trinajstić information content (AvgIpc) is 2.19. The lowest BCUT2D eigenvalue weighted by molar-refractivity contribution is -0.133. The number of hydrogen-bond acceptors (Lipinski definition) is 3. The molecule has 1 heterocycles. The van der Waals surface area contributed by atoms with Crippen molar-refractivity contribution >= 4 is 5.91 Å². The average molecular weight is 228 g/mol. The fourth-order valence-corrected chi connectivity index (χ4v) is 1.78. The van der Waals surface area contributed by atoms with E-state index in [2.05, 4.69) is 4.90 Å². The van der Waals surface area contributed by atoms with Crippen LogP contribution in [0.5, 0.6) is 0 Å². The molecule has 0 aromatic rings. The van der Waals surface area contributed by atoms with Gasteiger partial charge in [0, 0.05) is 26.2 Å². The Morgan fingerprint density at radius 2 is 1.94 bits per heavy atom. The Labute approximate surface area is 98.2 Å². The summed E-state index contributed by atoms with van der Waals surface area (Å²) in [7, 11) is 1.84. The lowest BCUT2D eigenvalue weighted by atomic mass is 9.94. The fraction of sp³-hybridized carbons (Fsp3) is 0.917. The van der Waals surface area contributed by atoms with Crippen molar-refractivity contribution in [1.82, 2.24) is 9.80 Å². The van der Waals surface area contributed by atoms with Crippen LogP contribution in [-0.2, 0) is 4.79 Å². The number of likely N-dealkylation sites (tertiary alicyclic amines) is 1. The van der Waals surface area contributed by atoms with Crippen molar-refractivity contribution < 1.29 is 9.90 Å². The predicted molar refractivity (Wildman–Crippen MR) is 64.2 cm³/mol. The van der Waals surface area contributed by atoms with Crippen molar-refractivity contribution in [2.45, 2.75) is 45.3 Å². The van der Waals surface area contributed by atoms with E-state index in [1.165, 1.54) is 0 Å². The van der Waals surface area contributed by atoms with Gasteiger partial charge < -0.3 is 10.0 Å². The molecular formula is C12H24N2O2. The lowest BCUT2D eigenvalue weighted by Crippen LogP contribution is -2.47. The van der Waals surface area contributed by atoms with Crippen LogP contribution in [-0.4, -0.2) is 59.1 Å². The van der Waals surface area contributed by atoms with E-state index in [0.29, 0.717) is 6.54 Å². The number of carbonyl (C=O) groups excluding carboxylic acids is 1. The van der Waals surface area contributed by atoms with Gasteiger partial charge in [-0.2, -0.15) is 0 Å². The van der Waals surface area contributed by atoms with Gasteiger partial charge in [0.1, 0.15) is 0 Å². The van der Waals surface area contributed by atoms with Crippen LogP contribution in [0.3, 0.4) is 0 Å². The van der Waals surface area contributed by atoms with E-state index >= 15 is 0 Å². The van der Waals surface area contributed by atoms with Gasteiger partial charge in [-0.05, 0) is 33.6 Å².